The number of ketones is 1. The van der Waals surface area contributed by atoms with Crippen LogP contribution in [0.4, 0.5) is 0 Å². The molecule has 0 unspecified atom stereocenters. The van der Waals surface area contributed by atoms with Gasteiger partial charge in [0.1, 0.15) is 11.5 Å². The van der Waals surface area contributed by atoms with Gasteiger partial charge in [-0.3, -0.25) is 14.4 Å². The van der Waals surface area contributed by atoms with Crippen molar-refractivity contribution >= 4 is 28.6 Å². The standard InChI is InChI=1S/C27H23NO6/c1-17(30)33-22-8-4-20(5-9-22)25-14-28(26-13-19(16-29)3-12-24(25)26)15-27(32)21-6-10-23(11-7-21)34-18(2)31/h3-14,29H,15-16H2,1-2H3. The van der Waals surface area contributed by atoms with Crippen molar-refractivity contribution in [2.24, 2.45) is 0 Å². The number of Topliss-reactive ketones (excluding diaryl/α,β-unsaturated/α-hetero) is 1. The van der Waals surface area contributed by atoms with Gasteiger partial charge in [0.2, 0.25) is 0 Å². The average molecular weight is 457 g/mol. The number of aliphatic hydroxyl groups excluding tert-OH is 1. The number of aromatic nitrogens is 1. The molecule has 0 aliphatic carbocycles. The first kappa shape index (κ1) is 22.9. The molecule has 0 amide bonds. The Morgan fingerprint density at radius 3 is 1.97 bits per heavy atom. The molecule has 0 aliphatic rings. The van der Waals surface area contributed by atoms with E-state index in [9.17, 15) is 19.5 Å². The summed E-state index contributed by atoms with van der Waals surface area (Å²) in [5.74, 6) is -0.0961. The third-order valence-corrected chi connectivity index (χ3v) is 5.31. The molecule has 0 radical (unpaired) electrons. The predicted molar refractivity (Wildman–Crippen MR) is 127 cm³/mol. The maximum absolute atomic E-state index is 13.0. The van der Waals surface area contributed by atoms with Crippen LogP contribution in [0.1, 0.15) is 29.8 Å². The number of nitrogens with zero attached hydrogens (tertiary/aromatic N) is 1. The number of carbonyl (C=O) groups excluding carboxylic acids is 3. The van der Waals surface area contributed by atoms with Gasteiger partial charge in [-0.05, 0) is 53.6 Å². The highest BCUT2D eigenvalue weighted by molar-refractivity contribution is 6.00. The Bertz CT molecular complexity index is 1370. The van der Waals surface area contributed by atoms with Crippen molar-refractivity contribution in [1.82, 2.24) is 4.57 Å². The lowest BCUT2D eigenvalue weighted by atomic mass is 10.0. The third kappa shape index (κ3) is 5.05. The van der Waals surface area contributed by atoms with Crippen LogP contribution < -0.4 is 9.47 Å². The molecule has 0 fully saturated rings. The highest BCUT2D eigenvalue weighted by Gasteiger charge is 2.15. The SMILES string of the molecule is CC(=O)Oc1ccc(C(=O)Cn2cc(-c3ccc(OC(C)=O)cc3)c3ccc(CO)cc32)cc1. The number of aliphatic hydroxyl groups is 1. The minimum atomic E-state index is -0.425. The number of fused-ring (bicyclic) bond motifs is 1. The van der Waals surface area contributed by atoms with Crippen LogP contribution in [0, 0.1) is 0 Å². The second-order valence-electron chi connectivity index (χ2n) is 7.84. The first-order chi connectivity index (χ1) is 16.3. The zero-order valence-corrected chi connectivity index (χ0v) is 18.8. The number of hydrogen-bond acceptors (Lipinski definition) is 6. The molecular formula is C27H23NO6. The Balaban J connectivity index is 1.67. The summed E-state index contributed by atoms with van der Waals surface area (Å²) in [5.41, 5.74) is 3.85. The first-order valence-electron chi connectivity index (χ1n) is 10.7. The smallest absolute Gasteiger partial charge is 0.308 e. The van der Waals surface area contributed by atoms with Crippen molar-refractivity contribution in [1.29, 1.82) is 0 Å². The summed E-state index contributed by atoms with van der Waals surface area (Å²) < 4.78 is 12.0. The molecule has 0 bridgehead atoms. The lowest BCUT2D eigenvalue weighted by Gasteiger charge is -2.07. The van der Waals surface area contributed by atoms with E-state index < -0.39 is 5.97 Å². The van der Waals surface area contributed by atoms with Crippen LogP contribution in [-0.2, 0) is 22.7 Å². The molecule has 172 valence electrons. The van der Waals surface area contributed by atoms with E-state index in [1.807, 2.05) is 41.1 Å². The minimum absolute atomic E-state index is 0.0871. The fourth-order valence-corrected chi connectivity index (χ4v) is 3.79. The number of carbonyl (C=O) groups is 3. The number of hydrogen-bond donors (Lipinski definition) is 1. The molecule has 0 atom stereocenters. The van der Waals surface area contributed by atoms with Gasteiger partial charge in [-0.15, -0.1) is 0 Å². The van der Waals surface area contributed by atoms with E-state index in [0.717, 1.165) is 27.6 Å². The highest BCUT2D eigenvalue weighted by Crippen LogP contribution is 2.33. The largest absolute Gasteiger partial charge is 0.427 e. The maximum Gasteiger partial charge on any atom is 0.308 e. The van der Waals surface area contributed by atoms with Crippen LogP contribution in [0.2, 0.25) is 0 Å². The molecule has 34 heavy (non-hydrogen) atoms. The molecule has 0 saturated carbocycles. The van der Waals surface area contributed by atoms with Gasteiger partial charge in [0.25, 0.3) is 0 Å². The van der Waals surface area contributed by atoms with Crippen molar-refractivity contribution in [2.45, 2.75) is 27.0 Å². The van der Waals surface area contributed by atoms with Gasteiger partial charge in [-0.25, -0.2) is 0 Å². The number of benzene rings is 3. The van der Waals surface area contributed by atoms with Crippen molar-refractivity contribution in [2.75, 3.05) is 0 Å². The Morgan fingerprint density at radius 2 is 1.41 bits per heavy atom. The zero-order chi connectivity index (χ0) is 24.2. The number of esters is 2. The molecule has 7 nitrogen and oxygen atoms in total. The van der Waals surface area contributed by atoms with Crippen LogP contribution in [0.3, 0.4) is 0 Å². The second-order valence-corrected chi connectivity index (χ2v) is 7.84. The summed E-state index contributed by atoms with van der Waals surface area (Å²) in [6.07, 6.45) is 1.90. The van der Waals surface area contributed by atoms with Crippen LogP contribution in [0.25, 0.3) is 22.0 Å². The average Bonchev–Trinajstić information content (AvgIpc) is 3.16. The summed E-state index contributed by atoms with van der Waals surface area (Å²) in [5, 5.41) is 10.5. The molecule has 0 saturated heterocycles. The van der Waals surface area contributed by atoms with E-state index in [1.54, 1.807) is 36.4 Å². The topological polar surface area (TPSA) is 94.8 Å². The third-order valence-electron chi connectivity index (χ3n) is 5.31. The molecule has 0 aliphatic heterocycles. The fourth-order valence-electron chi connectivity index (χ4n) is 3.79. The quantitative estimate of drug-likeness (QED) is 0.249. The Morgan fingerprint density at radius 1 is 0.824 bits per heavy atom. The van der Waals surface area contributed by atoms with Gasteiger partial charge in [0.15, 0.2) is 5.78 Å². The molecule has 7 heteroatoms. The van der Waals surface area contributed by atoms with Crippen LogP contribution in [0.5, 0.6) is 11.5 Å². The number of ether oxygens (including phenoxy) is 2. The van der Waals surface area contributed by atoms with Crippen LogP contribution in [0.15, 0.2) is 72.9 Å². The van der Waals surface area contributed by atoms with Crippen molar-refractivity contribution < 1.29 is 29.0 Å². The fraction of sp³-hybridized carbons (Fsp3) is 0.148. The van der Waals surface area contributed by atoms with E-state index >= 15 is 0 Å². The van der Waals surface area contributed by atoms with Crippen molar-refractivity contribution in [3.63, 3.8) is 0 Å². The van der Waals surface area contributed by atoms with Crippen molar-refractivity contribution in [3.8, 4) is 22.6 Å². The van der Waals surface area contributed by atoms with Gasteiger partial charge in [-0.2, -0.15) is 0 Å². The molecule has 1 aromatic heterocycles. The molecule has 4 rings (SSSR count). The molecule has 0 spiro atoms. The Kier molecular flexibility index (Phi) is 6.56. The molecule has 4 aromatic rings. The van der Waals surface area contributed by atoms with Crippen molar-refractivity contribution in [3.05, 3.63) is 84.1 Å². The Hall–Kier alpha value is -4.23. The molecule has 1 N–H and O–H groups in total. The molecule has 1 heterocycles. The number of rotatable bonds is 7. The van der Waals surface area contributed by atoms with Gasteiger partial charge >= 0.3 is 11.9 Å². The van der Waals surface area contributed by atoms with Gasteiger partial charge in [0.05, 0.1) is 13.2 Å². The highest BCUT2D eigenvalue weighted by atomic mass is 16.5. The normalized spacial score (nSPS) is 10.8. The predicted octanol–water partition coefficient (Wildman–Crippen LogP) is 4.53. The second kappa shape index (κ2) is 9.72. The van der Waals surface area contributed by atoms with E-state index in [1.165, 1.54) is 13.8 Å². The summed E-state index contributed by atoms with van der Waals surface area (Å²) in [6, 6.07) is 19.2. The van der Waals surface area contributed by atoms with E-state index in [2.05, 4.69) is 0 Å². The van der Waals surface area contributed by atoms with Gasteiger partial charge in [-0.1, -0.05) is 24.3 Å². The van der Waals surface area contributed by atoms with Crippen LogP contribution in [-0.4, -0.2) is 27.4 Å². The molecular weight excluding hydrogens is 434 g/mol. The first-order valence-corrected chi connectivity index (χ1v) is 10.7. The van der Waals surface area contributed by atoms with Gasteiger partial charge < -0.3 is 19.1 Å². The van der Waals surface area contributed by atoms with E-state index in [0.29, 0.717) is 17.1 Å². The summed E-state index contributed by atoms with van der Waals surface area (Å²) in [6.45, 7) is 2.64. The molecule has 3 aromatic carbocycles. The van der Waals surface area contributed by atoms with Crippen LogP contribution >= 0.6 is 0 Å². The maximum atomic E-state index is 13.0. The zero-order valence-electron chi connectivity index (χ0n) is 18.8. The lowest BCUT2D eigenvalue weighted by molar-refractivity contribution is -0.132. The minimum Gasteiger partial charge on any atom is -0.427 e. The Labute approximate surface area is 196 Å². The summed E-state index contributed by atoms with van der Waals surface area (Å²) in [7, 11) is 0. The van der Waals surface area contributed by atoms with Gasteiger partial charge in [0, 0.05) is 42.1 Å². The van der Waals surface area contributed by atoms with E-state index in [-0.39, 0.29) is 24.9 Å². The summed E-state index contributed by atoms with van der Waals surface area (Å²) >= 11 is 0. The summed E-state index contributed by atoms with van der Waals surface area (Å²) in [4.78, 5) is 35.3. The van der Waals surface area contributed by atoms with E-state index in [4.69, 9.17) is 9.47 Å². The lowest BCUT2D eigenvalue weighted by Crippen LogP contribution is -2.10. The monoisotopic (exact) mass is 457 g/mol.